The van der Waals surface area contributed by atoms with Gasteiger partial charge < -0.3 is 4.90 Å². The van der Waals surface area contributed by atoms with Gasteiger partial charge in [0.05, 0.1) is 0 Å². The van der Waals surface area contributed by atoms with Crippen LogP contribution >= 0.6 is 27.5 Å². The lowest BCUT2D eigenvalue weighted by Gasteiger charge is -2.22. The minimum Gasteiger partial charge on any atom is -0.370 e. The third kappa shape index (κ3) is 3.24. The maximum absolute atomic E-state index is 5.99. The van der Waals surface area contributed by atoms with E-state index in [0.717, 1.165) is 22.3 Å². The van der Waals surface area contributed by atoms with Crippen molar-refractivity contribution in [2.45, 2.75) is 12.4 Å². The van der Waals surface area contributed by atoms with Gasteiger partial charge in [0.2, 0.25) is 0 Å². The molecular weight excluding hydrogens is 312 g/mol. The summed E-state index contributed by atoms with van der Waals surface area (Å²) in [7, 11) is 2.07. The van der Waals surface area contributed by atoms with Crippen LogP contribution in [0.15, 0.2) is 47.2 Å². The van der Waals surface area contributed by atoms with Crippen LogP contribution in [0.3, 0.4) is 0 Å². The van der Waals surface area contributed by atoms with Gasteiger partial charge in [0.15, 0.2) is 0 Å². The number of pyridine rings is 1. The maximum Gasteiger partial charge on any atom is 0.0494 e. The molecule has 0 N–H and O–H groups in total. The minimum absolute atomic E-state index is 0.509. The first-order valence-corrected chi connectivity index (χ1v) is 6.98. The highest BCUT2D eigenvalue weighted by Crippen LogP contribution is 2.26. The Labute approximate surface area is 121 Å². The average Bonchev–Trinajstić information content (AvgIpc) is 2.39. The summed E-state index contributed by atoms with van der Waals surface area (Å²) in [5.41, 5.74) is 3.52. The number of anilines is 1. The van der Waals surface area contributed by atoms with Gasteiger partial charge >= 0.3 is 0 Å². The molecule has 2 nitrogen and oxygen atoms in total. The van der Waals surface area contributed by atoms with Crippen LogP contribution in [0.2, 0.25) is 0 Å². The predicted molar refractivity (Wildman–Crippen MR) is 80.0 cm³/mol. The quantitative estimate of drug-likeness (QED) is 0.782. The Bertz CT molecular complexity index is 516. The predicted octanol–water partition coefficient (Wildman–Crippen LogP) is 4.22. The fourth-order valence-electron chi connectivity index (χ4n) is 1.88. The van der Waals surface area contributed by atoms with Crippen LogP contribution in [0.5, 0.6) is 0 Å². The lowest BCUT2D eigenvalue weighted by molar-refractivity contribution is 0.912. The van der Waals surface area contributed by atoms with Crippen molar-refractivity contribution >= 4 is 33.2 Å². The van der Waals surface area contributed by atoms with Gasteiger partial charge in [0.1, 0.15) is 0 Å². The molecule has 0 aliphatic carbocycles. The molecule has 0 aliphatic heterocycles. The van der Waals surface area contributed by atoms with E-state index in [1.54, 1.807) is 0 Å². The number of benzene rings is 1. The molecule has 1 aromatic heterocycles. The zero-order valence-corrected chi connectivity index (χ0v) is 12.4. The zero-order valence-electron chi connectivity index (χ0n) is 10.1. The van der Waals surface area contributed by atoms with Gasteiger partial charge in [-0.05, 0) is 41.5 Å². The van der Waals surface area contributed by atoms with Crippen molar-refractivity contribution in [1.82, 2.24) is 4.98 Å². The molecule has 2 aromatic rings. The summed E-state index contributed by atoms with van der Waals surface area (Å²) >= 11 is 9.46. The molecule has 0 fully saturated rings. The second kappa shape index (κ2) is 6.21. The second-order valence-corrected chi connectivity index (χ2v) is 5.30. The first kappa shape index (κ1) is 13.4. The van der Waals surface area contributed by atoms with Crippen molar-refractivity contribution in [3.8, 4) is 0 Å². The number of rotatable bonds is 4. The van der Waals surface area contributed by atoms with E-state index in [1.165, 1.54) is 5.56 Å². The van der Waals surface area contributed by atoms with E-state index in [1.807, 2.05) is 30.6 Å². The number of aromatic nitrogens is 1. The van der Waals surface area contributed by atoms with E-state index >= 15 is 0 Å². The molecule has 0 amide bonds. The summed E-state index contributed by atoms with van der Waals surface area (Å²) in [4.78, 5) is 6.22. The summed E-state index contributed by atoms with van der Waals surface area (Å²) in [6, 6.07) is 10.2. The van der Waals surface area contributed by atoms with Crippen molar-refractivity contribution in [2.24, 2.45) is 0 Å². The van der Waals surface area contributed by atoms with Crippen LogP contribution in [-0.2, 0) is 12.4 Å². The fourth-order valence-corrected chi connectivity index (χ4v) is 2.50. The van der Waals surface area contributed by atoms with E-state index in [9.17, 15) is 0 Å². The van der Waals surface area contributed by atoms with Gasteiger partial charge in [-0.2, -0.15) is 0 Å². The van der Waals surface area contributed by atoms with Gasteiger partial charge in [-0.15, -0.1) is 11.6 Å². The lowest BCUT2D eigenvalue weighted by Crippen LogP contribution is -2.17. The van der Waals surface area contributed by atoms with Crippen molar-refractivity contribution in [3.63, 3.8) is 0 Å². The molecule has 0 unspecified atom stereocenters. The number of halogens is 2. The molecule has 2 rings (SSSR count). The minimum atomic E-state index is 0.509. The van der Waals surface area contributed by atoms with Crippen molar-refractivity contribution in [3.05, 3.63) is 58.3 Å². The summed E-state index contributed by atoms with van der Waals surface area (Å²) in [5, 5.41) is 0. The Balaban J connectivity index is 2.21. The molecule has 0 spiro atoms. The van der Waals surface area contributed by atoms with Gasteiger partial charge in [-0.1, -0.05) is 15.9 Å². The molecule has 0 bridgehead atoms. The lowest BCUT2D eigenvalue weighted by atomic mass is 10.1. The molecule has 1 heterocycles. The summed E-state index contributed by atoms with van der Waals surface area (Å²) in [6.07, 6.45) is 3.63. The van der Waals surface area contributed by atoms with Crippen molar-refractivity contribution < 1.29 is 0 Å². The summed E-state index contributed by atoms with van der Waals surface area (Å²) in [6.45, 7) is 0.841. The topological polar surface area (TPSA) is 16.1 Å². The van der Waals surface area contributed by atoms with Crippen LogP contribution in [0.25, 0.3) is 0 Å². The summed E-state index contributed by atoms with van der Waals surface area (Å²) in [5.74, 6) is 0.509. The fraction of sp³-hybridized carbons (Fsp3) is 0.214. The van der Waals surface area contributed by atoms with Crippen LogP contribution in [0, 0.1) is 0 Å². The highest BCUT2D eigenvalue weighted by Gasteiger charge is 2.08. The zero-order chi connectivity index (χ0) is 13.0. The smallest absolute Gasteiger partial charge is 0.0494 e. The van der Waals surface area contributed by atoms with Crippen molar-refractivity contribution in [2.75, 3.05) is 11.9 Å². The monoisotopic (exact) mass is 324 g/mol. The van der Waals surface area contributed by atoms with E-state index in [2.05, 4.69) is 45.0 Å². The molecule has 0 atom stereocenters. The van der Waals surface area contributed by atoms with Gasteiger partial charge in [0, 0.05) is 42.0 Å². The highest BCUT2D eigenvalue weighted by molar-refractivity contribution is 9.10. The Morgan fingerprint density at radius 2 is 1.94 bits per heavy atom. The first-order valence-electron chi connectivity index (χ1n) is 5.65. The van der Waals surface area contributed by atoms with Gasteiger partial charge in [-0.3, -0.25) is 4.98 Å². The molecule has 4 heteroatoms. The Hall–Kier alpha value is -1.06. The van der Waals surface area contributed by atoms with Crippen LogP contribution < -0.4 is 4.90 Å². The molecule has 0 aliphatic rings. The van der Waals surface area contributed by atoms with E-state index in [4.69, 9.17) is 11.6 Å². The Morgan fingerprint density at radius 3 is 2.61 bits per heavy atom. The Morgan fingerprint density at radius 1 is 1.22 bits per heavy atom. The second-order valence-electron chi connectivity index (χ2n) is 4.12. The van der Waals surface area contributed by atoms with Crippen molar-refractivity contribution in [1.29, 1.82) is 0 Å². The average molecular weight is 326 g/mol. The third-order valence-corrected chi connectivity index (χ3v) is 3.55. The van der Waals surface area contributed by atoms with E-state index in [-0.39, 0.29) is 0 Å². The number of alkyl halides is 1. The van der Waals surface area contributed by atoms with Gasteiger partial charge in [-0.25, -0.2) is 0 Å². The molecule has 94 valence electrons. The third-order valence-electron chi connectivity index (χ3n) is 2.77. The van der Waals surface area contributed by atoms with E-state index in [0.29, 0.717) is 5.88 Å². The normalized spacial score (nSPS) is 10.4. The molecule has 18 heavy (non-hydrogen) atoms. The van der Waals surface area contributed by atoms with Crippen LogP contribution in [-0.4, -0.2) is 12.0 Å². The van der Waals surface area contributed by atoms with Crippen LogP contribution in [0.1, 0.15) is 11.1 Å². The van der Waals surface area contributed by atoms with Crippen LogP contribution in [0.4, 0.5) is 5.69 Å². The SMILES string of the molecule is CN(Cc1ccncc1)c1ccc(Br)cc1CCl. The summed E-state index contributed by atoms with van der Waals surface area (Å²) < 4.78 is 1.05. The standard InChI is InChI=1S/C14H14BrClN2/c1-18(10-11-4-6-17-7-5-11)14-3-2-13(15)8-12(14)9-16/h2-8H,9-10H2,1H3. The number of nitrogens with zero attached hydrogens (tertiary/aromatic N) is 2. The maximum atomic E-state index is 5.99. The number of hydrogen-bond acceptors (Lipinski definition) is 2. The molecular formula is C14H14BrClN2. The Kier molecular flexibility index (Phi) is 4.61. The largest absolute Gasteiger partial charge is 0.370 e. The van der Waals surface area contributed by atoms with E-state index < -0.39 is 0 Å². The number of hydrogen-bond donors (Lipinski definition) is 0. The molecule has 1 aromatic carbocycles. The molecule has 0 radical (unpaired) electrons. The molecule has 0 saturated carbocycles. The highest BCUT2D eigenvalue weighted by atomic mass is 79.9. The first-order chi connectivity index (χ1) is 8.70. The van der Waals surface area contributed by atoms with Gasteiger partial charge in [0.25, 0.3) is 0 Å². The molecule has 0 saturated heterocycles.